The van der Waals surface area contributed by atoms with Crippen LogP contribution in [0.3, 0.4) is 0 Å². The van der Waals surface area contributed by atoms with Crippen LogP contribution < -0.4 is 0 Å². The molecule has 3 aromatic rings. The van der Waals surface area contributed by atoms with Crippen LogP contribution in [0.25, 0.3) is 11.8 Å². The first kappa shape index (κ1) is 20.1. The first-order valence-corrected chi connectivity index (χ1v) is 10.8. The van der Waals surface area contributed by atoms with Crippen molar-refractivity contribution in [2.24, 2.45) is 11.3 Å². The van der Waals surface area contributed by atoms with Crippen LogP contribution in [0.4, 0.5) is 8.78 Å². The summed E-state index contributed by atoms with van der Waals surface area (Å²) >= 11 is 0. The summed E-state index contributed by atoms with van der Waals surface area (Å²) in [6.07, 6.45) is 6.22. The molecule has 0 bridgehead atoms. The number of aliphatic hydroxyl groups is 1. The van der Waals surface area contributed by atoms with E-state index in [2.05, 4.69) is 49.3 Å². The Hall–Kier alpha value is -2.79. The van der Waals surface area contributed by atoms with Crippen LogP contribution in [0.1, 0.15) is 42.1 Å². The van der Waals surface area contributed by atoms with Crippen molar-refractivity contribution in [2.75, 3.05) is 0 Å². The molecule has 31 heavy (non-hydrogen) atoms. The van der Waals surface area contributed by atoms with E-state index < -0.39 is 17.7 Å². The van der Waals surface area contributed by atoms with Crippen molar-refractivity contribution >= 4 is 6.08 Å². The Kier molecular flexibility index (Phi) is 4.82. The Balaban J connectivity index is 1.42. The molecule has 1 aromatic heterocycles. The highest BCUT2D eigenvalue weighted by atomic mass is 19.1. The quantitative estimate of drug-likeness (QED) is 0.612. The maximum atomic E-state index is 14.1. The molecule has 2 aromatic carbocycles. The highest BCUT2D eigenvalue weighted by Gasteiger charge is 2.48. The summed E-state index contributed by atoms with van der Waals surface area (Å²) in [6, 6.07) is 11.9. The predicted octanol–water partition coefficient (Wildman–Crippen LogP) is 5.42. The molecule has 0 saturated heterocycles. The van der Waals surface area contributed by atoms with Gasteiger partial charge in [-0.3, -0.25) is 0 Å². The van der Waals surface area contributed by atoms with Crippen molar-refractivity contribution in [3.63, 3.8) is 0 Å². The van der Waals surface area contributed by atoms with Crippen molar-refractivity contribution in [3.8, 4) is 5.69 Å². The molecule has 2 aliphatic rings. The summed E-state index contributed by atoms with van der Waals surface area (Å²) in [5.41, 5.74) is 6.00. The maximum absolute atomic E-state index is 14.1. The van der Waals surface area contributed by atoms with Crippen LogP contribution in [-0.2, 0) is 12.8 Å². The third kappa shape index (κ3) is 3.41. The van der Waals surface area contributed by atoms with Crippen LogP contribution in [0.2, 0.25) is 0 Å². The Morgan fingerprint density at radius 1 is 1.19 bits per heavy atom. The van der Waals surface area contributed by atoms with Gasteiger partial charge in [-0.2, -0.15) is 5.10 Å². The van der Waals surface area contributed by atoms with Crippen LogP contribution in [0.5, 0.6) is 0 Å². The van der Waals surface area contributed by atoms with Crippen molar-refractivity contribution in [1.29, 1.82) is 0 Å². The lowest BCUT2D eigenvalue weighted by Crippen LogP contribution is -2.37. The molecular formula is C26H26F2N2O. The van der Waals surface area contributed by atoms with Gasteiger partial charge in [0, 0.05) is 12.5 Å². The molecule has 5 heteroatoms. The van der Waals surface area contributed by atoms with E-state index >= 15 is 0 Å². The van der Waals surface area contributed by atoms with Crippen molar-refractivity contribution in [1.82, 2.24) is 9.78 Å². The first-order chi connectivity index (χ1) is 14.8. The second-order valence-corrected chi connectivity index (χ2v) is 9.22. The van der Waals surface area contributed by atoms with Gasteiger partial charge in [0.2, 0.25) is 0 Å². The van der Waals surface area contributed by atoms with Crippen LogP contribution in [0, 0.1) is 29.9 Å². The molecule has 0 unspecified atom stereocenters. The molecule has 0 spiro atoms. The largest absolute Gasteiger partial charge is 0.392 e. The Morgan fingerprint density at radius 3 is 2.71 bits per heavy atom. The number of hydrogen-bond acceptors (Lipinski definition) is 2. The van der Waals surface area contributed by atoms with Gasteiger partial charge in [-0.15, -0.1) is 0 Å². The number of aryl methyl sites for hydroxylation is 1. The molecule has 3 nitrogen and oxygen atoms in total. The van der Waals surface area contributed by atoms with Gasteiger partial charge in [0.25, 0.3) is 0 Å². The Bertz CT molecular complexity index is 1160. The molecule has 1 N–H and O–H groups in total. The van der Waals surface area contributed by atoms with Gasteiger partial charge < -0.3 is 5.11 Å². The zero-order valence-electron chi connectivity index (χ0n) is 17.8. The minimum absolute atomic E-state index is 0.0130. The van der Waals surface area contributed by atoms with Gasteiger partial charge in [-0.1, -0.05) is 36.3 Å². The van der Waals surface area contributed by atoms with E-state index in [1.165, 1.54) is 28.8 Å². The predicted molar refractivity (Wildman–Crippen MR) is 117 cm³/mol. The SMILES string of the molecule is Cc1ccc(-n2ncc3c2C=C2CC[C@H]([C@H](O)Cc4ccc(F)cc4F)[C@@]2(C)C3)cc1. The summed E-state index contributed by atoms with van der Waals surface area (Å²) in [4.78, 5) is 0. The summed E-state index contributed by atoms with van der Waals surface area (Å²) < 4.78 is 29.4. The second-order valence-electron chi connectivity index (χ2n) is 9.22. The second kappa shape index (κ2) is 7.41. The molecular weight excluding hydrogens is 394 g/mol. The highest BCUT2D eigenvalue weighted by Crippen LogP contribution is 2.54. The van der Waals surface area contributed by atoms with E-state index in [9.17, 15) is 13.9 Å². The van der Waals surface area contributed by atoms with Gasteiger partial charge in [-0.25, -0.2) is 13.5 Å². The van der Waals surface area contributed by atoms with Gasteiger partial charge in [0.15, 0.2) is 0 Å². The number of aromatic nitrogens is 2. The maximum Gasteiger partial charge on any atom is 0.129 e. The average molecular weight is 421 g/mol. The topological polar surface area (TPSA) is 38.0 Å². The number of benzene rings is 2. The first-order valence-electron chi connectivity index (χ1n) is 10.8. The number of aliphatic hydroxyl groups excluding tert-OH is 1. The molecule has 160 valence electrons. The number of hydrogen-bond donors (Lipinski definition) is 1. The van der Waals surface area contributed by atoms with E-state index in [0.717, 1.165) is 36.7 Å². The molecule has 1 fully saturated rings. The summed E-state index contributed by atoms with van der Waals surface area (Å²) in [6.45, 7) is 4.27. The van der Waals surface area contributed by atoms with Gasteiger partial charge in [-0.05, 0) is 72.9 Å². The molecule has 0 amide bonds. The molecule has 1 saturated carbocycles. The van der Waals surface area contributed by atoms with Gasteiger partial charge in [0.1, 0.15) is 11.6 Å². The minimum atomic E-state index is -0.690. The van der Waals surface area contributed by atoms with E-state index in [-0.39, 0.29) is 17.8 Å². The van der Waals surface area contributed by atoms with Gasteiger partial charge >= 0.3 is 0 Å². The third-order valence-corrected chi connectivity index (χ3v) is 7.22. The van der Waals surface area contributed by atoms with Crippen molar-refractivity contribution < 1.29 is 13.9 Å². The zero-order valence-corrected chi connectivity index (χ0v) is 17.8. The van der Waals surface area contributed by atoms with Gasteiger partial charge in [0.05, 0.1) is 23.7 Å². The Labute approximate surface area is 181 Å². The standard InChI is InChI=1S/C26H26F2N2O/c1-16-3-8-21(9-4-16)30-24-12-19-6-10-22(26(19,2)14-18(24)15-29-30)25(31)11-17-5-7-20(27)13-23(17)28/h3-5,7-9,12-13,15,22,25,31H,6,10-11,14H2,1-2H3/t22-,25-,26+/m1/s1. The van der Waals surface area contributed by atoms with E-state index in [0.29, 0.717) is 5.56 Å². The summed E-state index contributed by atoms with van der Waals surface area (Å²) in [7, 11) is 0. The van der Waals surface area contributed by atoms with Crippen LogP contribution in [-0.4, -0.2) is 21.0 Å². The molecule has 2 aliphatic carbocycles. The smallest absolute Gasteiger partial charge is 0.129 e. The van der Waals surface area contributed by atoms with Crippen LogP contribution >= 0.6 is 0 Å². The normalized spacial score (nSPS) is 23.3. The minimum Gasteiger partial charge on any atom is -0.392 e. The lowest BCUT2D eigenvalue weighted by molar-refractivity contribution is 0.0560. The average Bonchev–Trinajstić information content (AvgIpc) is 3.28. The third-order valence-electron chi connectivity index (χ3n) is 7.22. The van der Waals surface area contributed by atoms with E-state index in [4.69, 9.17) is 0 Å². The van der Waals surface area contributed by atoms with Crippen molar-refractivity contribution in [3.05, 3.63) is 88.3 Å². The zero-order chi connectivity index (χ0) is 21.8. The molecule has 5 rings (SSSR count). The van der Waals surface area contributed by atoms with Crippen LogP contribution in [0.15, 0.2) is 54.2 Å². The number of nitrogens with zero attached hydrogens (tertiary/aromatic N) is 2. The molecule has 0 radical (unpaired) electrons. The number of rotatable bonds is 4. The lowest BCUT2D eigenvalue weighted by Gasteiger charge is -2.38. The lowest BCUT2D eigenvalue weighted by atomic mass is 9.67. The fourth-order valence-corrected chi connectivity index (χ4v) is 5.44. The fraction of sp³-hybridized carbons (Fsp3) is 0.346. The summed E-state index contributed by atoms with van der Waals surface area (Å²) in [5.74, 6) is -1.18. The number of halogens is 2. The highest BCUT2D eigenvalue weighted by molar-refractivity contribution is 5.62. The van der Waals surface area contributed by atoms with Crippen molar-refractivity contribution in [2.45, 2.75) is 45.6 Å². The molecule has 1 heterocycles. The van der Waals surface area contributed by atoms with E-state index in [1.54, 1.807) is 0 Å². The molecule has 3 atom stereocenters. The fourth-order valence-electron chi connectivity index (χ4n) is 5.44. The monoisotopic (exact) mass is 420 g/mol. The van der Waals surface area contributed by atoms with E-state index in [1.807, 2.05) is 10.9 Å². The molecule has 0 aliphatic heterocycles. The number of fused-ring (bicyclic) bond motifs is 2. The number of allylic oxidation sites excluding steroid dienone is 1. The summed E-state index contributed by atoms with van der Waals surface area (Å²) in [5, 5.41) is 15.7. The Morgan fingerprint density at radius 2 is 1.97 bits per heavy atom.